The number of alkyl halides is 3. The van der Waals surface area contributed by atoms with Crippen molar-refractivity contribution in [2.45, 2.75) is 32.5 Å². The third kappa shape index (κ3) is 4.69. The van der Waals surface area contributed by atoms with Gasteiger partial charge in [0.25, 0.3) is 0 Å². The van der Waals surface area contributed by atoms with E-state index in [0.29, 0.717) is 44.1 Å². The van der Waals surface area contributed by atoms with Gasteiger partial charge in [0.1, 0.15) is 5.69 Å². The number of nitro groups is 1. The number of halogens is 3. The molecule has 0 spiro atoms. The fourth-order valence-electron chi connectivity index (χ4n) is 3.74. The van der Waals surface area contributed by atoms with Gasteiger partial charge in [0, 0.05) is 39.8 Å². The van der Waals surface area contributed by atoms with Gasteiger partial charge < -0.3 is 4.90 Å². The quantitative estimate of drug-likeness (QED) is 0.555. The Morgan fingerprint density at radius 3 is 2.41 bits per heavy atom. The molecule has 29 heavy (non-hydrogen) atoms. The average Bonchev–Trinajstić information content (AvgIpc) is 2.83. The van der Waals surface area contributed by atoms with Crippen molar-refractivity contribution in [3.05, 3.63) is 51.2 Å². The fourth-order valence-corrected chi connectivity index (χ4v) is 3.74. The van der Waals surface area contributed by atoms with E-state index in [1.54, 1.807) is 11.7 Å². The van der Waals surface area contributed by atoms with Crippen molar-refractivity contribution in [2.75, 3.05) is 31.1 Å². The number of aryl methyl sites for hydroxylation is 2. The fraction of sp³-hybridized carbons (Fsp3) is 0.526. The van der Waals surface area contributed by atoms with Crippen LogP contribution < -0.4 is 4.90 Å². The molecule has 0 saturated carbocycles. The zero-order valence-corrected chi connectivity index (χ0v) is 16.4. The lowest BCUT2D eigenvalue weighted by molar-refractivity contribution is -0.384. The first kappa shape index (κ1) is 21.1. The number of benzene rings is 1. The lowest BCUT2D eigenvalue weighted by Crippen LogP contribution is -2.32. The molecule has 10 heteroatoms. The van der Waals surface area contributed by atoms with E-state index in [9.17, 15) is 23.3 Å². The van der Waals surface area contributed by atoms with Crippen LogP contribution >= 0.6 is 0 Å². The molecular weight excluding hydrogens is 387 g/mol. The Bertz CT molecular complexity index is 864. The number of hydrogen-bond acceptors (Lipinski definition) is 5. The van der Waals surface area contributed by atoms with Crippen LogP contribution in [0, 0.1) is 10.1 Å². The molecule has 7 nitrogen and oxygen atoms in total. The number of nitrogens with zero attached hydrogens (tertiary/aromatic N) is 5. The van der Waals surface area contributed by atoms with Crippen molar-refractivity contribution in [3.8, 4) is 0 Å². The van der Waals surface area contributed by atoms with E-state index in [1.807, 2.05) is 11.8 Å². The number of hydrogen-bond donors (Lipinski definition) is 0. The molecule has 0 unspecified atom stereocenters. The van der Waals surface area contributed by atoms with Crippen molar-refractivity contribution in [3.63, 3.8) is 0 Å². The molecule has 0 amide bonds. The molecule has 0 N–H and O–H groups in total. The molecule has 2 aromatic rings. The van der Waals surface area contributed by atoms with E-state index >= 15 is 0 Å². The van der Waals surface area contributed by atoms with Crippen LogP contribution in [0.15, 0.2) is 24.3 Å². The predicted molar refractivity (Wildman–Crippen MR) is 103 cm³/mol. The Hall–Kier alpha value is -2.62. The first-order valence-corrected chi connectivity index (χ1v) is 9.54. The third-order valence-electron chi connectivity index (χ3n) is 5.16. The molecule has 0 radical (unpaired) electrons. The van der Waals surface area contributed by atoms with Crippen LogP contribution in [0.25, 0.3) is 0 Å². The topological polar surface area (TPSA) is 67.4 Å². The first-order chi connectivity index (χ1) is 13.7. The number of anilines is 1. The largest absolute Gasteiger partial charge is 0.416 e. The van der Waals surface area contributed by atoms with Gasteiger partial charge in [-0.05, 0) is 30.5 Å². The summed E-state index contributed by atoms with van der Waals surface area (Å²) in [5.41, 5.74) is 0.689. The van der Waals surface area contributed by atoms with Gasteiger partial charge in [0.2, 0.25) is 5.82 Å². The van der Waals surface area contributed by atoms with Crippen LogP contribution in [0.2, 0.25) is 0 Å². The van der Waals surface area contributed by atoms with Gasteiger partial charge in [0.05, 0.1) is 10.5 Å². The van der Waals surface area contributed by atoms with Gasteiger partial charge in [-0.25, -0.2) is 4.68 Å². The summed E-state index contributed by atoms with van der Waals surface area (Å²) in [6.45, 7) is 5.05. The maximum absolute atomic E-state index is 12.7. The molecule has 1 aliphatic rings. The van der Waals surface area contributed by atoms with Crippen LogP contribution in [-0.4, -0.2) is 45.8 Å². The molecule has 2 heterocycles. The van der Waals surface area contributed by atoms with Crippen molar-refractivity contribution >= 4 is 11.5 Å². The predicted octanol–water partition coefficient (Wildman–Crippen LogP) is 3.62. The highest BCUT2D eigenvalue weighted by Crippen LogP contribution is 2.32. The summed E-state index contributed by atoms with van der Waals surface area (Å²) < 4.78 is 39.7. The van der Waals surface area contributed by atoms with Crippen LogP contribution in [0.4, 0.5) is 24.7 Å². The van der Waals surface area contributed by atoms with Gasteiger partial charge in [-0.1, -0.05) is 19.1 Å². The molecule has 0 atom stereocenters. The Morgan fingerprint density at radius 1 is 1.14 bits per heavy atom. The Morgan fingerprint density at radius 2 is 1.83 bits per heavy atom. The highest BCUT2D eigenvalue weighted by Gasteiger charge is 2.31. The molecule has 1 fully saturated rings. The molecule has 1 aliphatic heterocycles. The van der Waals surface area contributed by atoms with E-state index in [0.717, 1.165) is 30.7 Å². The summed E-state index contributed by atoms with van der Waals surface area (Å²) >= 11 is 0. The molecule has 1 aromatic heterocycles. The summed E-state index contributed by atoms with van der Waals surface area (Å²) in [7, 11) is 1.71. The van der Waals surface area contributed by atoms with E-state index in [-0.39, 0.29) is 10.6 Å². The van der Waals surface area contributed by atoms with E-state index in [2.05, 4.69) is 10.00 Å². The smallest absolute Gasteiger partial charge is 0.350 e. The van der Waals surface area contributed by atoms with E-state index < -0.39 is 11.7 Å². The Balaban J connectivity index is 1.70. The van der Waals surface area contributed by atoms with Crippen LogP contribution in [0.5, 0.6) is 0 Å². The molecule has 0 bridgehead atoms. The van der Waals surface area contributed by atoms with Crippen molar-refractivity contribution in [1.82, 2.24) is 14.7 Å². The minimum Gasteiger partial charge on any atom is -0.350 e. The zero-order chi connectivity index (χ0) is 21.2. The summed E-state index contributed by atoms with van der Waals surface area (Å²) in [5, 5.41) is 15.9. The summed E-state index contributed by atoms with van der Waals surface area (Å²) in [4.78, 5) is 15.4. The van der Waals surface area contributed by atoms with Crippen LogP contribution in [0.3, 0.4) is 0 Å². The minimum absolute atomic E-state index is 0.0613. The van der Waals surface area contributed by atoms with Gasteiger partial charge >= 0.3 is 11.9 Å². The van der Waals surface area contributed by atoms with Crippen LogP contribution in [0.1, 0.15) is 30.2 Å². The number of aromatic nitrogens is 2. The van der Waals surface area contributed by atoms with Gasteiger partial charge in [-0.2, -0.15) is 18.3 Å². The monoisotopic (exact) mass is 411 g/mol. The second kappa shape index (κ2) is 8.40. The SMILES string of the molecule is CCc1nn(C)c(N2CCCN(Cc3ccc(C(F)(F)F)cc3)CC2)c1[N+](=O)[O-]. The Labute approximate surface area is 166 Å². The van der Waals surface area contributed by atoms with Gasteiger partial charge in [-0.15, -0.1) is 0 Å². The van der Waals surface area contributed by atoms with Crippen LogP contribution in [-0.2, 0) is 26.2 Å². The van der Waals surface area contributed by atoms with Crippen molar-refractivity contribution in [1.29, 1.82) is 0 Å². The second-order valence-corrected chi connectivity index (χ2v) is 7.16. The first-order valence-electron chi connectivity index (χ1n) is 9.54. The molecular formula is C19H24F3N5O2. The van der Waals surface area contributed by atoms with Gasteiger partial charge in [0.15, 0.2) is 0 Å². The average molecular weight is 411 g/mol. The summed E-state index contributed by atoms with van der Waals surface area (Å²) in [6.07, 6.45) is -3.06. The minimum atomic E-state index is -4.34. The lowest BCUT2D eigenvalue weighted by Gasteiger charge is -2.23. The lowest BCUT2D eigenvalue weighted by atomic mass is 10.1. The highest BCUT2D eigenvalue weighted by atomic mass is 19.4. The molecule has 158 valence electrons. The normalized spacial score (nSPS) is 16.1. The van der Waals surface area contributed by atoms with Crippen molar-refractivity contribution < 1.29 is 18.1 Å². The summed E-state index contributed by atoms with van der Waals surface area (Å²) in [5.74, 6) is 0.517. The Kier molecular flexibility index (Phi) is 6.11. The molecule has 0 aliphatic carbocycles. The zero-order valence-electron chi connectivity index (χ0n) is 16.4. The third-order valence-corrected chi connectivity index (χ3v) is 5.16. The molecule has 3 rings (SSSR count). The van der Waals surface area contributed by atoms with Gasteiger partial charge in [-0.3, -0.25) is 15.0 Å². The molecule has 1 saturated heterocycles. The second-order valence-electron chi connectivity index (χ2n) is 7.16. The maximum Gasteiger partial charge on any atom is 0.416 e. The van der Waals surface area contributed by atoms with Crippen molar-refractivity contribution in [2.24, 2.45) is 7.05 Å². The van der Waals surface area contributed by atoms with E-state index in [1.165, 1.54) is 12.1 Å². The highest BCUT2D eigenvalue weighted by molar-refractivity contribution is 5.61. The summed E-state index contributed by atoms with van der Waals surface area (Å²) in [6, 6.07) is 5.21. The standard InChI is InChI=1S/C19H24F3N5O2/c1-3-16-17(27(28)29)18(24(2)23-16)26-10-4-9-25(11-12-26)13-14-5-7-15(8-6-14)19(20,21)22/h5-8H,3-4,9-13H2,1-2H3. The number of rotatable bonds is 5. The molecule has 1 aromatic carbocycles. The van der Waals surface area contributed by atoms with E-state index in [4.69, 9.17) is 0 Å². The maximum atomic E-state index is 12.7.